The Kier molecular flexibility index (Phi) is 5.08. The molecule has 0 atom stereocenters. The van der Waals surface area contributed by atoms with Gasteiger partial charge in [0.05, 0.1) is 17.1 Å². The Balaban J connectivity index is 1.43. The van der Waals surface area contributed by atoms with Crippen molar-refractivity contribution in [2.24, 2.45) is 0 Å². The smallest absolute Gasteiger partial charge is 0.290 e. The van der Waals surface area contributed by atoms with Crippen LogP contribution < -0.4 is 0 Å². The molecular weight excluding hydrogens is 394 g/mol. The molecule has 152 valence electrons. The fraction of sp³-hybridized carbons (Fsp3) is 0.381. The zero-order valence-corrected chi connectivity index (χ0v) is 17.4. The fourth-order valence-electron chi connectivity index (χ4n) is 3.73. The highest BCUT2D eigenvalue weighted by Crippen LogP contribution is 2.31. The maximum Gasteiger partial charge on any atom is 0.290 e. The van der Waals surface area contributed by atoms with Crippen molar-refractivity contribution < 1.29 is 18.5 Å². The second kappa shape index (κ2) is 7.55. The van der Waals surface area contributed by atoms with E-state index in [9.17, 15) is 9.59 Å². The largest absolute Gasteiger partial charge is 0.449 e. The van der Waals surface area contributed by atoms with Crippen LogP contribution in [-0.2, 0) is 11.2 Å². The highest BCUT2D eigenvalue weighted by atomic mass is 35.5. The minimum Gasteiger partial charge on any atom is -0.449 e. The standard InChI is InChI=1S/C21H22ClN3O4/c1-12-15-5-4-6-17(22)20(15)28-19(12)21(27)25-9-7-24(8-10-25)18(26)11-16-13(2)23-29-14(16)3/h4-6H,7-11H2,1-3H3. The molecule has 3 heterocycles. The van der Waals surface area contributed by atoms with Gasteiger partial charge < -0.3 is 18.7 Å². The SMILES string of the molecule is Cc1noc(C)c1CC(=O)N1CCN(C(=O)c2oc3c(Cl)cccc3c2C)CC1. The van der Waals surface area contributed by atoms with Crippen molar-refractivity contribution >= 4 is 34.4 Å². The minimum atomic E-state index is -0.174. The lowest BCUT2D eigenvalue weighted by Crippen LogP contribution is -2.51. The number of amides is 2. The average molecular weight is 416 g/mol. The highest BCUT2D eigenvalue weighted by Gasteiger charge is 2.29. The van der Waals surface area contributed by atoms with Gasteiger partial charge in [-0.1, -0.05) is 28.9 Å². The molecular formula is C21H22ClN3O4. The van der Waals surface area contributed by atoms with Crippen LogP contribution in [0.2, 0.25) is 5.02 Å². The van der Waals surface area contributed by atoms with E-state index in [4.69, 9.17) is 20.5 Å². The Bertz CT molecular complexity index is 1070. The van der Waals surface area contributed by atoms with E-state index in [1.165, 1.54) is 0 Å². The van der Waals surface area contributed by atoms with Crippen molar-refractivity contribution in [2.45, 2.75) is 27.2 Å². The summed E-state index contributed by atoms with van der Waals surface area (Å²) < 4.78 is 10.9. The number of aryl methyl sites for hydroxylation is 3. The molecule has 7 nitrogen and oxygen atoms in total. The van der Waals surface area contributed by atoms with Crippen LogP contribution >= 0.6 is 11.6 Å². The van der Waals surface area contributed by atoms with Crippen molar-refractivity contribution in [3.8, 4) is 0 Å². The van der Waals surface area contributed by atoms with E-state index in [0.717, 1.165) is 22.2 Å². The van der Waals surface area contributed by atoms with Gasteiger partial charge in [-0.25, -0.2) is 0 Å². The van der Waals surface area contributed by atoms with Gasteiger partial charge in [-0.3, -0.25) is 9.59 Å². The molecule has 2 aromatic heterocycles. The number of para-hydroxylation sites is 1. The third-order valence-electron chi connectivity index (χ3n) is 5.54. The quantitative estimate of drug-likeness (QED) is 0.653. The zero-order valence-electron chi connectivity index (χ0n) is 16.6. The molecule has 0 N–H and O–H groups in total. The maximum atomic E-state index is 13.0. The first kappa shape index (κ1) is 19.5. The van der Waals surface area contributed by atoms with Crippen molar-refractivity contribution in [3.05, 3.63) is 51.6 Å². The Hall–Kier alpha value is -2.80. The average Bonchev–Trinajstić information content (AvgIpc) is 3.22. The molecule has 0 aliphatic carbocycles. The summed E-state index contributed by atoms with van der Waals surface area (Å²) in [6, 6.07) is 5.47. The van der Waals surface area contributed by atoms with E-state index in [-0.39, 0.29) is 18.2 Å². The van der Waals surface area contributed by atoms with Crippen LogP contribution in [0.15, 0.2) is 27.1 Å². The van der Waals surface area contributed by atoms with E-state index in [1.54, 1.807) is 22.8 Å². The van der Waals surface area contributed by atoms with Crippen LogP contribution in [-0.4, -0.2) is 52.9 Å². The van der Waals surface area contributed by atoms with Gasteiger partial charge in [-0.05, 0) is 26.8 Å². The van der Waals surface area contributed by atoms with Gasteiger partial charge in [0.1, 0.15) is 5.76 Å². The lowest BCUT2D eigenvalue weighted by Gasteiger charge is -2.34. The number of hydrogen-bond acceptors (Lipinski definition) is 5. The normalized spacial score (nSPS) is 14.6. The summed E-state index contributed by atoms with van der Waals surface area (Å²) in [5, 5.41) is 5.22. The number of piperazine rings is 1. The first-order valence-electron chi connectivity index (χ1n) is 9.53. The third kappa shape index (κ3) is 3.51. The number of carbonyl (C=O) groups excluding carboxylic acids is 2. The van der Waals surface area contributed by atoms with Gasteiger partial charge in [0.25, 0.3) is 5.91 Å². The van der Waals surface area contributed by atoms with E-state index in [1.807, 2.05) is 26.0 Å². The molecule has 1 fully saturated rings. The number of benzene rings is 1. The summed E-state index contributed by atoms with van der Waals surface area (Å²) in [7, 11) is 0. The summed E-state index contributed by atoms with van der Waals surface area (Å²) in [5.41, 5.74) is 2.89. The monoisotopic (exact) mass is 415 g/mol. The van der Waals surface area contributed by atoms with E-state index in [0.29, 0.717) is 48.3 Å². The van der Waals surface area contributed by atoms with Crippen molar-refractivity contribution in [1.82, 2.24) is 15.0 Å². The Morgan fingerprint density at radius 3 is 2.41 bits per heavy atom. The summed E-state index contributed by atoms with van der Waals surface area (Å²) in [4.78, 5) is 29.1. The van der Waals surface area contributed by atoms with Gasteiger partial charge in [0.2, 0.25) is 5.91 Å². The lowest BCUT2D eigenvalue weighted by molar-refractivity contribution is -0.132. The summed E-state index contributed by atoms with van der Waals surface area (Å²) >= 11 is 6.19. The molecule has 2 amide bonds. The van der Waals surface area contributed by atoms with E-state index >= 15 is 0 Å². The molecule has 3 aromatic rings. The highest BCUT2D eigenvalue weighted by molar-refractivity contribution is 6.35. The van der Waals surface area contributed by atoms with Crippen LogP contribution in [0.4, 0.5) is 0 Å². The number of furan rings is 1. The molecule has 1 saturated heterocycles. The predicted octanol–water partition coefficient (Wildman–Crippen LogP) is 3.53. The molecule has 0 radical (unpaired) electrons. The van der Waals surface area contributed by atoms with Crippen molar-refractivity contribution in [2.75, 3.05) is 26.2 Å². The van der Waals surface area contributed by atoms with Crippen LogP contribution in [0, 0.1) is 20.8 Å². The molecule has 0 unspecified atom stereocenters. The molecule has 8 heteroatoms. The molecule has 0 saturated carbocycles. The van der Waals surface area contributed by atoms with E-state index in [2.05, 4.69) is 5.16 Å². The Labute approximate surface area is 173 Å². The molecule has 0 spiro atoms. The summed E-state index contributed by atoms with van der Waals surface area (Å²) in [5.74, 6) is 0.818. The molecule has 0 bridgehead atoms. The van der Waals surface area contributed by atoms with Crippen LogP contribution in [0.25, 0.3) is 11.0 Å². The van der Waals surface area contributed by atoms with Gasteiger partial charge in [-0.2, -0.15) is 0 Å². The Morgan fingerprint density at radius 2 is 1.79 bits per heavy atom. The van der Waals surface area contributed by atoms with Crippen LogP contribution in [0.3, 0.4) is 0 Å². The van der Waals surface area contributed by atoms with E-state index < -0.39 is 0 Å². The summed E-state index contributed by atoms with van der Waals surface area (Å²) in [6.07, 6.45) is 0.260. The third-order valence-corrected chi connectivity index (χ3v) is 5.84. The topological polar surface area (TPSA) is 79.8 Å². The van der Waals surface area contributed by atoms with Gasteiger partial charge >= 0.3 is 0 Å². The van der Waals surface area contributed by atoms with Crippen molar-refractivity contribution in [1.29, 1.82) is 0 Å². The molecule has 1 aliphatic heterocycles. The second-order valence-electron chi connectivity index (χ2n) is 7.33. The number of aromatic nitrogens is 1. The maximum absolute atomic E-state index is 13.0. The number of fused-ring (bicyclic) bond motifs is 1. The number of rotatable bonds is 3. The van der Waals surface area contributed by atoms with Gasteiger partial charge in [-0.15, -0.1) is 0 Å². The number of nitrogens with zero attached hydrogens (tertiary/aromatic N) is 3. The summed E-state index contributed by atoms with van der Waals surface area (Å²) in [6.45, 7) is 7.37. The molecule has 1 aromatic carbocycles. The number of carbonyl (C=O) groups is 2. The predicted molar refractivity (Wildman–Crippen MR) is 108 cm³/mol. The number of halogens is 1. The molecule has 1 aliphatic rings. The van der Waals surface area contributed by atoms with Gasteiger partial charge in [0.15, 0.2) is 11.3 Å². The molecule has 4 rings (SSSR count). The van der Waals surface area contributed by atoms with Crippen molar-refractivity contribution in [3.63, 3.8) is 0 Å². The first-order chi connectivity index (χ1) is 13.9. The van der Waals surface area contributed by atoms with Crippen LogP contribution in [0.5, 0.6) is 0 Å². The second-order valence-corrected chi connectivity index (χ2v) is 7.73. The fourth-order valence-corrected chi connectivity index (χ4v) is 3.95. The number of hydrogen-bond donors (Lipinski definition) is 0. The van der Waals surface area contributed by atoms with Gasteiger partial charge in [0, 0.05) is 42.7 Å². The minimum absolute atomic E-state index is 0.0122. The lowest BCUT2D eigenvalue weighted by atomic mass is 10.1. The molecule has 29 heavy (non-hydrogen) atoms. The first-order valence-corrected chi connectivity index (χ1v) is 9.91. The van der Waals surface area contributed by atoms with Crippen LogP contribution in [0.1, 0.15) is 33.1 Å². The zero-order chi connectivity index (χ0) is 20.7. The Morgan fingerprint density at radius 1 is 1.10 bits per heavy atom.